The molecule has 0 radical (unpaired) electrons. The van der Waals surface area contributed by atoms with E-state index >= 15 is 0 Å². The number of nitrogens with zero attached hydrogens (tertiary/aromatic N) is 1. The van der Waals surface area contributed by atoms with E-state index in [1.165, 1.54) is 0 Å². The molecule has 16 heavy (non-hydrogen) atoms. The van der Waals surface area contributed by atoms with E-state index in [0.29, 0.717) is 5.75 Å². The molecule has 0 aromatic carbocycles. The van der Waals surface area contributed by atoms with Gasteiger partial charge in [-0.05, 0) is 40.9 Å². The molecule has 6 heteroatoms. The highest BCUT2D eigenvalue weighted by molar-refractivity contribution is 9.10. The van der Waals surface area contributed by atoms with Gasteiger partial charge in [0.15, 0.2) is 9.84 Å². The van der Waals surface area contributed by atoms with Gasteiger partial charge in [0.05, 0.1) is 17.2 Å². The second-order valence-corrected chi connectivity index (χ2v) is 6.92. The van der Waals surface area contributed by atoms with Gasteiger partial charge in [0.25, 0.3) is 0 Å². The third-order valence-electron chi connectivity index (χ3n) is 2.58. The first-order chi connectivity index (χ1) is 7.57. The van der Waals surface area contributed by atoms with E-state index in [-0.39, 0.29) is 11.8 Å². The van der Waals surface area contributed by atoms with Crippen molar-refractivity contribution in [2.45, 2.75) is 18.9 Å². The molecule has 0 saturated carbocycles. The topological polar surface area (TPSA) is 59.1 Å². The summed E-state index contributed by atoms with van der Waals surface area (Å²) in [5.41, 5.74) is 0.851. The molecule has 0 aliphatic carbocycles. The number of anilines is 1. The lowest BCUT2D eigenvalue weighted by atomic mass is 10.2. The second kappa shape index (κ2) is 4.71. The molecule has 1 aliphatic rings. The predicted molar refractivity (Wildman–Crippen MR) is 67.2 cm³/mol. The van der Waals surface area contributed by atoms with Crippen LogP contribution in [0, 0.1) is 0 Å². The Hall–Kier alpha value is -0.620. The SMILES string of the molecule is O=S1(=O)CCCC(Nc2cccnc2Br)C1. The summed E-state index contributed by atoms with van der Waals surface area (Å²) in [7, 11) is -2.86. The molecule has 1 atom stereocenters. The van der Waals surface area contributed by atoms with Gasteiger partial charge in [0, 0.05) is 12.2 Å². The molecule has 0 bridgehead atoms. The van der Waals surface area contributed by atoms with Crippen LogP contribution in [-0.4, -0.2) is 30.9 Å². The van der Waals surface area contributed by atoms with Crippen molar-refractivity contribution in [2.24, 2.45) is 0 Å². The first kappa shape index (κ1) is 11.9. The van der Waals surface area contributed by atoms with Crippen LogP contribution in [0.25, 0.3) is 0 Å². The van der Waals surface area contributed by atoms with Gasteiger partial charge < -0.3 is 5.32 Å². The molecule has 1 aliphatic heterocycles. The summed E-state index contributed by atoms with van der Waals surface area (Å²) in [6.07, 6.45) is 3.31. The Morgan fingerprint density at radius 3 is 3.00 bits per heavy atom. The summed E-state index contributed by atoms with van der Waals surface area (Å²) in [5.74, 6) is 0.535. The van der Waals surface area contributed by atoms with Gasteiger partial charge in [-0.3, -0.25) is 0 Å². The Kier molecular flexibility index (Phi) is 3.49. The maximum Gasteiger partial charge on any atom is 0.152 e. The number of hydrogen-bond acceptors (Lipinski definition) is 4. The van der Waals surface area contributed by atoms with Crippen LogP contribution in [0.1, 0.15) is 12.8 Å². The number of aromatic nitrogens is 1. The van der Waals surface area contributed by atoms with Crippen LogP contribution in [0.2, 0.25) is 0 Å². The van der Waals surface area contributed by atoms with E-state index in [2.05, 4.69) is 26.2 Å². The second-order valence-electron chi connectivity index (χ2n) is 3.94. The number of pyridine rings is 1. The molecule has 88 valence electrons. The Balaban J connectivity index is 2.08. The van der Waals surface area contributed by atoms with Gasteiger partial charge in [-0.2, -0.15) is 0 Å². The summed E-state index contributed by atoms with van der Waals surface area (Å²) in [5, 5.41) is 3.22. The summed E-state index contributed by atoms with van der Waals surface area (Å²) in [6, 6.07) is 3.71. The first-order valence-electron chi connectivity index (χ1n) is 5.14. The highest BCUT2D eigenvalue weighted by Crippen LogP contribution is 2.22. The lowest BCUT2D eigenvalue weighted by Crippen LogP contribution is -2.34. The van der Waals surface area contributed by atoms with E-state index in [1.54, 1.807) is 6.20 Å². The van der Waals surface area contributed by atoms with Crippen molar-refractivity contribution in [1.82, 2.24) is 4.98 Å². The predicted octanol–water partition coefficient (Wildman–Crippen LogP) is 1.83. The molecule has 1 saturated heterocycles. The van der Waals surface area contributed by atoms with Gasteiger partial charge in [-0.1, -0.05) is 0 Å². The molecular weight excluding hydrogens is 292 g/mol. The number of nitrogens with one attached hydrogen (secondary N) is 1. The third kappa shape index (κ3) is 2.95. The molecule has 1 aromatic heterocycles. The number of halogens is 1. The van der Waals surface area contributed by atoms with Crippen molar-refractivity contribution >= 4 is 31.5 Å². The largest absolute Gasteiger partial charge is 0.379 e. The smallest absolute Gasteiger partial charge is 0.152 e. The molecular formula is C10H13BrN2O2S. The number of rotatable bonds is 2. The van der Waals surface area contributed by atoms with Gasteiger partial charge in [-0.15, -0.1) is 0 Å². The van der Waals surface area contributed by atoms with Crippen molar-refractivity contribution in [3.05, 3.63) is 22.9 Å². The van der Waals surface area contributed by atoms with Crippen molar-refractivity contribution in [3.8, 4) is 0 Å². The molecule has 1 aromatic rings. The van der Waals surface area contributed by atoms with E-state index in [1.807, 2.05) is 12.1 Å². The van der Waals surface area contributed by atoms with E-state index in [9.17, 15) is 8.42 Å². The minimum Gasteiger partial charge on any atom is -0.379 e. The summed E-state index contributed by atoms with van der Waals surface area (Å²) in [4.78, 5) is 4.09. The summed E-state index contributed by atoms with van der Waals surface area (Å²) in [6.45, 7) is 0. The summed E-state index contributed by atoms with van der Waals surface area (Å²) < 4.78 is 23.7. The molecule has 1 fully saturated rings. The van der Waals surface area contributed by atoms with Crippen LogP contribution in [0.3, 0.4) is 0 Å². The fourth-order valence-electron chi connectivity index (χ4n) is 1.85. The molecule has 1 unspecified atom stereocenters. The maximum absolute atomic E-state index is 11.5. The van der Waals surface area contributed by atoms with E-state index < -0.39 is 9.84 Å². The first-order valence-corrected chi connectivity index (χ1v) is 7.76. The normalized spacial score (nSPS) is 23.9. The summed E-state index contributed by atoms with van der Waals surface area (Å²) >= 11 is 3.33. The zero-order valence-corrected chi connectivity index (χ0v) is 11.1. The van der Waals surface area contributed by atoms with Gasteiger partial charge >= 0.3 is 0 Å². The Labute approximate surface area is 104 Å². The minimum atomic E-state index is -2.86. The highest BCUT2D eigenvalue weighted by Gasteiger charge is 2.24. The maximum atomic E-state index is 11.5. The molecule has 2 rings (SSSR count). The zero-order valence-electron chi connectivity index (χ0n) is 8.69. The lowest BCUT2D eigenvalue weighted by Gasteiger charge is -2.24. The van der Waals surface area contributed by atoms with Crippen LogP contribution in [0.5, 0.6) is 0 Å². The number of sulfone groups is 1. The third-order valence-corrected chi connectivity index (χ3v) is 5.03. The Bertz CT molecular complexity index is 475. The fraction of sp³-hybridized carbons (Fsp3) is 0.500. The molecule has 2 heterocycles. The van der Waals surface area contributed by atoms with Crippen LogP contribution < -0.4 is 5.32 Å². The Morgan fingerprint density at radius 2 is 2.31 bits per heavy atom. The van der Waals surface area contributed by atoms with Crippen LogP contribution in [-0.2, 0) is 9.84 Å². The zero-order chi connectivity index (χ0) is 11.6. The molecule has 4 nitrogen and oxygen atoms in total. The van der Waals surface area contributed by atoms with Crippen LogP contribution in [0.4, 0.5) is 5.69 Å². The van der Waals surface area contributed by atoms with E-state index in [4.69, 9.17) is 0 Å². The van der Waals surface area contributed by atoms with Crippen molar-refractivity contribution in [3.63, 3.8) is 0 Å². The van der Waals surface area contributed by atoms with Crippen LogP contribution in [0.15, 0.2) is 22.9 Å². The minimum absolute atomic E-state index is 0.000694. The van der Waals surface area contributed by atoms with Gasteiger partial charge in [0.1, 0.15) is 4.60 Å². The van der Waals surface area contributed by atoms with Crippen molar-refractivity contribution in [1.29, 1.82) is 0 Å². The van der Waals surface area contributed by atoms with Crippen molar-refractivity contribution in [2.75, 3.05) is 16.8 Å². The Morgan fingerprint density at radius 1 is 1.50 bits per heavy atom. The monoisotopic (exact) mass is 304 g/mol. The van der Waals surface area contributed by atoms with Gasteiger partial charge in [0.2, 0.25) is 0 Å². The number of hydrogen-bond donors (Lipinski definition) is 1. The van der Waals surface area contributed by atoms with E-state index in [0.717, 1.165) is 23.1 Å². The highest BCUT2D eigenvalue weighted by atomic mass is 79.9. The molecule has 0 amide bonds. The molecule has 1 N–H and O–H groups in total. The quantitative estimate of drug-likeness (QED) is 0.847. The molecule has 0 spiro atoms. The van der Waals surface area contributed by atoms with Gasteiger partial charge in [-0.25, -0.2) is 13.4 Å². The standard InChI is InChI=1S/C10H13BrN2O2S/c11-10-9(4-1-5-12-10)13-8-3-2-6-16(14,15)7-8/h1,4-5,8,13H,2-3,6-7H2. The average molecular weight is 305 g/mol. The van der Waals surface area contributed by atoms with Crippen LogP contribution >= 0.6 is 15.9 Å². The van der Waals surface area contributed by atoms with Crippen molar-refractivity contribution < 1.29 is 8.42 Å². The lowest BCUT2D eigenvalue weighted by molar-refractivity contribution is 0.562. The fourth-order valence-corrected chi connectivity index (χ4v) is 3.85. The average Bonchev–Trinajstić information content (AvgIpc) is 2.20.